The molecule has 17 heavy (non-hydrogen) atoms. The Morgan fingerprint density at radius 1 is 0.824 bits per heavy atom. The molecule has 0 aliphatic carbocycles. The van der Waals surface area contributed by atoms with Crippen LogP contribution in [0.3, 0.4) is 0 Å². The number of hydrogen-bond donors (Lipinski definition) is 0. The molecule has 0 saturated carbocycles. The maximum atomic E-state index is 11.6. The Kier molecular flexibility index (Phi) is 2.34. The normalized spacial score (nSPS) is 14.0. The number of carbonyl (C=O) groups excluding carboxylic acids is 2. The molecule has 1 heterocycles. The topological polar surface area (TPSA) is 43.4 Å². The van der Waals surface area contributed by atoms with Gasteiger partial charge in [-0.15, -0.1) is 0 Å². The number of hydrogen-bond acceptors (Lipinski definition) is 3. The molecule has 2 aromatic rings. The predicted molar refractivity (Wildman–Crippen MR) is 69.1 cm³/mol. The van der Waals surface area contributed by atoms with E-state index in [1.807, 2.05) is 24.3 Å². The lowest BCUT2D eigenvalue weighted by Crippen LogP contribution is -1.97. The number of rotatable bonds is 0. The van der Waals surface area contributed by atoms with Gasteiger partial charge in [0.25, 0.3) is 0 Å². The van der Waals surface area contributed by atoms with Crippen LogP contribution in [0.1, 0.15) is 20.7 Å². The summed E-state index contributed by atoms with van der Waals surface area (Å²) in [5.74, 6) is -1.22. The summed E-state index contributed by atoms with van der Waals surface area (Å²) >= 11 is 6.72. The van der Waals surface area contributed by atoms with E-state index in [4.69, 9.17) is 0 Å². The number of fused-ring (bicyclic) bond motifs is 2. The first kappa shape index (κ1) is 10.9. The standard InChI is InChI=1S/C12H4Br2O3/c13-9-5-3-1-2-4-6(5)10(14)8-7(9)11(15)17-12(8)16/h1-4H. The number of carbonyl (C=O) groups is 2. The minimum Gasteiger partial charge on any atom is -0.386 e. The highest BCUT2D eigenvalue weighted by Gasteiger charge is 2.35. The van der Waals surface area contributed by atoms with Gasteiger partial charge in [0, 0.05) is 8.95 Å². The molecular formula is C12H4Br2O3. The molecule has 0 aromatic heterocycles. The van der Waals surface area contributed by atoms with Gasteiger partial charge in [0.2, 0.25) is 0 Å². The molecule has 0 fully saturated rings. The fourth-order valence-electron chi connectivity index (χ4n) is 1.92. The summed E-state index contributed by atoms with van der Waals surface area (Å²) in [4.78, 5) is 23.2. The van der Waals surface area contributed by atoms with E-state index >= 15 is 0 Å². The average Bonchev–Trinajstić information content (AvgIpc) is 2.62. The third-order valence-corrected chi connectivity index (χ3v) is 4.33. The van der Waals surface area contributed by atoms with Crippen LogP contribution >= 0.6 is 31.9 Å². The molecule has 0 unspecified atom stereocenters. The van der Waals surface area contributed by atoms with E-state index in [0.29, 0.717) is 20.1 Å². The summed E-state index contributed by atoms with van der Waals surface area (Å²) < 4.78 is 5.83. The van der Waals surface area contributed by atoms with Crippen molar-refractivity contribution in [2.45, 2.75) is 0 Å². The molecular weight excluding hydrogens is 352 g/mol. The van der Waals surface area contributed by atoms with Crippen molar-refractivity contribution in [3.8, 4) is 0 Å². The van der Waals surface area contributed by atoms with Gasteiger partial charge < -0.3 is 4.74 Å². The fourth-order valence-corrected chi connectivity index (χ4v) is 3.34. The first-order chi connectivity index (χ1) is 8.11. The van der Waals surface area contributed by atoms with Crippen LogP contribution < -0.4 is 0 Å². The number of halogens is 2. The molecule has 0 amide bonds. The van der Waals surface area contributed by atoms with Crippen LogP contribution in [0.5, 0.6) is 0 Å². The third kappa shape index (κ3) is 1.39. The molecule has 0 bridgehead atoms. The van der Waals surface area contributed by atoms with Gasteiger partial charge in [-0.3, -0.25) is 0 Å². The quantitative estimate of drug-likeness (QED) is 0.535. The summed E-state index contributed by atoms with van der Waals surface area (Å²) in [6, 6.07) is 7.49. The summed E-state index contributed by atoms with van der Waals surface area (Å²) in [5, 5.41) is 1.73. The van der Waals surface area contributed by atoms with Crippen molar-refractivity contribution in [2.75, 3.05) is 0 Å². The second-order valence-corrected chi connectivity index (χ2v) is 5.19. The van der Waals surface area contributed by atoms with Crippen LogP contribution in [0.25, 0.3) is 10.8 Å². The van der Waals surface area contributed by atoms with Crippen LogP contribution in [-0.2, 0) is 4.74 Å². The van der Waals surface area contributed by atoms with E-state index in [-0.39, 0.29) is 0 Å². The average molecular weight is 356 g/mol. The Morgan fingerprint density at radius 3 is 1.65 bits per heavy atom. The second kappa shape index (κ2) is 3.65. The Hall–Kier alpha value is -1.20. The van der Waals surface area contributed by atoms with Crippen LogP contribution in [0.4, 0.5) is 0 Å². The highest BCUT2D eigenvalue weighted by molar-refractivity contribution is 9.11. The highest BCUT2D eigenvalue weighted by Crippen LogP contribution is 2.40. The number of esters is 2. The maximum Gasteiger partial charge on any atom is 0.348 e. The minimum atomic E-state index is -0.608. The molecule has 0 atom stereocenters. The number of benzene rings is 2. The van der Waals surface area contributed by atoms with E-state index in [1.54, 1.807) is 0 Å². The van der Waals surface area contributed by atoms with E-state index in [1.165, 1.54) is 0 Å². The van der Waals surface area contributed by atoms with Gasteiger partial charge >= 0.3 is 11.9 Å². The monoisotopic (exact) mass is 354 g/mol. The first-order valence-electron chi connectivity index (χ1n) is 4.77. The molecule has 1 aliphatic heterocycles. The van der Waals surface area contributed by atoms with Crippen LogP contribution in [0.15, 0.2) is 33.2 Å². The van der Waals surface area contributed by atoms with Gasteiger partial charge in [0.15, 0.2) is 0 Å². The van der Waals surface area contributed by atoms with Crippen molar-refractivity contribution < 1.29 is 14.3 Å². The van der Waals surface area contributed by atoms with Crippen molar-refractivity contribution >= 4 is 54.6 Å². The van der Waals surface area contributed by atoms with Gasteiger partial charge in [0.05, 0.1) is 11.1 Å². The zero-order chi connectivity index (χ0) is 12.2. The molecule has 0 saturated heterocycles. The lowest BCUT2D eigenvalue weighted by atomic mass is 10.0. The van der Waals surface area contributed by atoms with Crippen molar-refractivity contribution in [1.29, 1.82) is 0 Å². The largest absolute Gasteiger partial charge is 0.386 e. The van der Waals surface area contributed by atoms with Gasteiger partial charge in [-0.05, 0) is 42.6 Å². The molecule has 1 aliphatic rings. The SMILES string of the molecule is O=C1OC(=O)c2c1c(Br)c1ccccc1c2Br. The van der Waals surface area contributed by atoms with E-state index in [0.717, 1.165) is 10.8 Å². The highest BCUT2D eigenvalue weighted by atomic mass is 79.9. The molecule has 5 heteroatoms. The van der Waals surface area contributed by atoms with E-state index < -0.39 is 11.9 Å². The zero-order valence-electron chi connectivity index (χ0n) is 8.29. The van der Waals surface area contributed by atoms with Gasteiger partial charge in [0.1, 0.15) is 0 Å². The molecule has 0 radical (unpaired) electrons. The van der Waals surface area contributed by atoms with Crippen molar-refractivity contribution in [2.24, 2.45) is 0 Å². The maximum absolute atomic E-state index is 11.6. The third-order valence-electron chi connectivity index (χ3n) is 2.68. The lowest BCUT2D eigenvalue weighted by Gasteiger charge is -2.06. The van der Waals surface area contributed by atoms with Crippen molar-refractivity contribution in [1.82, 2.24) is 0 Å². The predicted octanol–water partition coefficient (Wildman–Crippen LogP) is 3.68. The molecule has 3 rings (SSSR count). The van der Waals surface area contributed by atoms with Crippen LogP contribution in [-0.4, -0.2) is 11.9 Å². The van der Waals surface area contributed by atoms with Crippen LogP contribution in [0, 0.1) is 0 Å². The molecule has 0 N–H and O–H groups in total. The first-order valence-corrected chi connectivity index (χ1v) is 6.36. The van der Waals surface area contributed by atoms with E-state index in [2.05, 4.69) is 36.6 Å². The van der Waals surface area contributed by atoms with Gasteiger partial charge in [-0.25, -0.2) is 9.59 Å². The van der Waals surface area contributed by atoms with E-state index in [9.17, 15) is 9.59 Å². The minimum absolute atomic E-state index is 0.292. The zero-order valence-corrected chi connectivity index (χ0v) is 11.5. The summed E-state index contributed by atoms with van der Waals surface area (Å²) in [7, 11) is 0. The number of cyclic esters (lactones) is 2. The Morgan fingerprint density at radius 2 is 1.24 bits per heavy atom. The fraction of sp³-hybridized carbons (Fsp3) is 0. The Balaban J connectivity index is 2.57. The summed E-state index contributed by atoms with van der Waals surface area (Å²) in [6.07, 6.45) is 0. The Labute approximate surface area is 113 Å². The summed E-state index contributed by atoms with van der Waals surface area (Å²) in [6.45, 7) is 0. The molecule has 84 valence electrons. The number of ether oxygens (including phenoxy) is 1. The lowest BCUT2D eigenvalue weighted by molar-refractivity contribution is 0.0443. The summed E-state index contributed by atoms with van der Waals surface area (Å²) in [5.41, 5.74) is 0.584. The van der Waals surface area contributed by atoms with Crippen molar-refractivity contribution in [3.05, 3.63) is 44.3 Å². The van der Waals surface area contributed by atoms with Gasteiger partial charge in [-0.1, -0.05) is 24.3 Å². The second-order valence-electron chi connectivity index (χ2n) is 3.60. The molecule has 3 nitrogen and oxygen atoms in total. The van der Waals surface area contributed by atoms with Crippen molar-refractivity contribution in [3.63, 3.8) is 0 Å². The smallest absolute Gasteiger partial charge is 0.348 e. The van der Waals surface area contributed by atoms with Crippen LogP contribution in [0.2, 0.25) is 0 Å². The Bertz CT molecular complexity index is 633. The molecule has 2 aromatic carbocycles. The molecule has 0 spiro atoms. The van der Waals surface area contributed by atoms with Gasteiger partial charge in [-0.2, -0.15) is 0 Å².